The summed E-state index contributed by atoms with van der Waals surface area (Å²) in [4.78, 5) is 132. The first kappa shape index (κ1) is 58.9. The first-order valence-electron chi connectivity index (χ1n) is 22.6. The van der Waals surface area contributed by atoms with Crippen molar-refractivity contribution in [2.24, 2.45) is 11.8 Å². The van der Waals surface area contributed by atoms with Gasteiger partial charge in [0.1, 0.15) is 6.04 Å². The summed E-state index contributed by atoms with van der Waals surface area (Å²) in [5.41, 5.74) is 1.08. The van der Waals surface area contributed by atoms with E-state index in [0.29, 0.717) is 36.1 Å². The van der Waals surface area contributed by atoms with E-state index in [-0.39, 0.29) is 174 Å². The fourth-order valence-corrected chi connectivity index (χ4v) is 8.29. The van der Waals surface area contributed by atoms with Gasteiger partial charge in [-0.25, -0.2) is 9.59 Å². The molecule has 3 aliphatic heterocycles. The van der Waals surface area contributed by atoms with Gasteiger partial charge in [0.25, 0.3) is 5.97 Å². The number of carbonyl (C=O) groups excluding carboxylic acids is 7. The van der Waals surface area contributed by atoms with E-state index in [0.717, 1.165) is 0 Å². The van der Waals surface area contributed by atoms with Gasteiger partial charge in [-0.05, 0) is 61.9 Å². The van der Waals surface area contributed by atoms with Gasteiger partial charge in [0.15, 0.2) is 5.78 Å². The quantitative estimate of drug-likeness (QED) is 0.0303. The topological polar surface area (TPSA) is 305 Å². The van der Waals surface area contributed by atoms with Gasteiger partial charge >= 0.3 is 23.9 Å². The molecule has 3 fully saturated rings. The zero-order chi connectivity index (χ0) is 49.9. The maximum absolute atomic E-state index is 13.4. The summed E-state index contributed by atoms with van der Waals surface area (Å²) in [5, 5.41) is 39.4. The molecule has 0 aromatic heterocycles. The third-order valence-electron chi connectivity index (χ3n) is 11.7. The van der Waals surface area contributed by atoms with Crippen molar-refractivity contribution in [2.45, 2.75) is 71.0 Å². The standard InChI is InChI=1S/C44H64N9O14S.Gd/c1-28(41(62)47-33(43(64)65)6-4-5-12-53-36(56)21-29(2)42(53)63)20-34(54)32(11-19-68-3)48-44(66)46-31-9-7-30(8-10-31)22-45-35(55)23-51-16-15-49(25-38(57)58)13-14-50(26-39(59)60)17-18-52-27-40(61)67-37(52)24-51;/h7-10,28-29,32-33H,4-6,11-27H2,1-3H3,(H,45,55)(H,47,62)(H,57,58)(H,59,60)(H,64,65)(H2,46,48,66);/q-1;/t28-,29?,32+,33+;/m1./s1. The zero-order valence-electron chi connectivity index (χ0n) is 39.1. The van der Waals surface area contributed by atoms with Crippen LogP contribution < -0.4 is 21.3 Å². The van der Waals surface area contributed by atoms with E-state index in [2.05, 4.69) is 21.3 Å². The largest absolute Gasteiger partial charge is 0.617 e. The van der Waals surface area contributed by atoms with E-state index in [4.69, 9.17) is 4.74 Å². The van der Waals surface area contributed by atoms with E-state index in [1.807, 2.05) is 6.26 Å². The van der Waals surface area contributed by atoms with Crippen LogP contribution in [0.2, 0.25) is 0 Å². The van der Waals surface area contributed by atoms with Crippen molar-refractivity contribution >= 4 is 76.8 Å². The second-order valence-corrected chi connectivity index (χ2v) is 18.2. The second-order valence-electron chi connectivity index (χ2n) is 17.2. The third kappa shape index (κ3) is 20.5. The number of benzene rings is 1. The monoisotopic (exact) mass is 1130 g/mol. The van der Waals surface area contributed by atoms with Gasteiger partial charge in [-0.3, -0.25) is 53.1 Å². The van der Waals surface area contributed by atoms with Crippen molar-refractivity contribution in [2.75, 3.05) is 95.9 Å². The number of rotatable bonds is 24. The predicted octanol–water partition coefficient (Wildman–Crippen LogP) is -0.287. The molecule has 0 spiro atoms. The number of carbonyl (C=O) groups is 10. The maximum atomic E-state index is 13.4. The number of esters is 1. The summed E-state index contributed by atoms with van der Waals surface area (Å²) >= 11 is 1.46. The van der Waals surface area contributed by atoms with Crippen LogP contribution in [0.4, 0.5) is 10.5 Å². The van der Waals surface area contributed by atoms with Crippen LogP contribution in [0.15, 0.2) is 24.3 Å². The van der Waals surface area contributed by atoms with Crippen LogP contribution in [0, 0.1) is 58.0 Å². The first-order valence-corrected chi connectivity index (χ1v) is 23.9. The molecule has 384 valence electrons. The van der Waals surface area contributed by atoms with Crippen LogP contribution in [0.3, 0.4) is 0 Å². The summed E-state index contributed by atoms with van der Waals surface area (Å²) in [6.07, 6.45) is 3.06. The van der Waals surface area contributed by atoms with Gasteiger partial charge in [-0.2, -0.15) is 11.8 Å². The molecule has 7 N–H and O–H groups in total. The molecule has 69 heavy (non-hydrogen) atoms. The van der Waals surface area contributed by atoms with Crippen LogP contribution >= 0.6 is 11.8 Å². The number of ketones is 1. The van der Waals surface area contributed by atoms with E-state index in [1.54, 1.807) is 50.8 Å². The number of carboxylic acid groups (broad SMARTS) is 3. The molecule has 4 atom stereocenters. The third-order valence-corrected chi connectivity index (χ3v) is 12.3. The Kier molecular flexibility index (Phi) is 25.4. The van der Waals surface area contributed by atoms with Crippen LogP contribution in [0.25, 0.3) is 0 Å². The number of nitrogens with one attached hydrogen (secondary N) is 4. The Morgan fingerprint density at radius 3 is 2.03 bits per heavy atom. The first-order chi connectivity index (χ1) is 32.3. The van der Waals surface area contributed by atoms with Crippen LogP contribution in [-0.2, 0) is 54.4 Å². The average molecular weight is 1130 g/mol. The normalized spacial score (nSPS) is 19.1. The van der Waals surface area contributed by atoms with Crippen molar-refractivity contribution in [3.05, 3.63) is 36.1 Å². The van der Waals surface area contributed by atoms with Crippen molar-refractivity contribution < 1.29 is 108 Å². The van der Waals surface area contributed by atoms with Gasteiger partial charge in [0.05, 0.1) is 32.2 Å². The Morgan fingerprint density at radius 2 is 1.45 bits per heavy atom. The molecule has 3 aliphatic rings. The molecule has 25 heteroatoms. The molecule has 1 aromatic rings. The minimum Gasteiger partial charge on any atom is -0.617 e. The van der Waals surface area contributed by atoms with Crippen molar-refractivity contribution in [1.29, 1.82) is 0 Å². The molecule has 0 bridgehead atoms. The van der Waals surface area contributed by atoms with Crippen LogP contribution in [0.1, 0.15) is 57.9 Å². The van der Waals surface area contributed by atoms with E-state index < -0.39 is 59.6 Å². The molecule has 1 unspecified atom stereocenters. The zero-order valence-corrected chi connectivity index (χ0v) is 42.2. The Labute approximate surface area is 437 Å². The molecule has 0 aliphatic carbocycles. The van der Waals surface area contributed by atoms with Gasteiger partial charge in [0, 0.05) is 116 Å². The minimum atomic E-state index is -1.26. The molecular formula is C44H64GdN9O14S-. The van der Waals surface area contributed by atoms with Crippen molar-refractivity contribution in [3.8, 4) is 0 Å². The fraction of sp³-hybridized carbons (Fsp3) is 0.614. The molecule has 0 radical (unpaired) electrons. The Bertz CT molecular complexity index is 1980. The molecule has 4 rings (SSSR count). The molecule has 3 heterocycles. The number of fused-ring (bicyclic) bond motifs is 1. The summed E-state index contributed by atoms with van der Waals surface area (Å²) in [6.45, 7) is 4.43. The van der Waals surface area contributed by atoms with Crippen LogP contribution in [0.5, 0.6) is 0 Å². The second kappa shape index (κ2) is 29.7. The number of carboxylic acids is 3. The van der Waals surface area contributed by atoms with Crippen molar-refractivity contribution in [3.63, 3.8) is 0 Å². The number of hydrogen-bond acceptors (Lipinski definition) is 16. The fourth-order valence-electron chi connectivity index (χ4n) is 7.81. The van der Waals surface area contributed by atoms with E-state index in [1.165, 1.54) is 23.6 Å². The van der Waals surface area contributed by atoms with Gasteiger partial charge in [0.2, 0.25) is 23.6 Å². The molecule has 23 nitrogen and oxygen atoms in total. The molecule has 0 saturated carbocycles. The number of nitrogens with zero attached hydrogens (tertiary/aromatic N) is 5. The number of Topliss-reactive ketones (excluding diaryl/α,β-unsaturated/α-hetero) is 1. The minimum absolute atomic E-state index is 0. The Hall–Kier alpha value is -4.37. The number of urea groups is 1. The Morgan fingerprint density at radius 1 is 0.826 bits per heavy atom. The number of ether oxygens (including phenoxy) is 1. The Balaban J connectivity index is 0.0000126. The number of unbranched alkanes of at least 4 members (excludes halogenated alkanes) is 1. The number of hydrogen-bond donors (Lipinski definition) is 7. The molecular weight excluding hydrogens is 1070 g/mol. The summed E-state index contributed by atoms with van der Waals surface area (Å²) in [7, 11) is 0. The smallest absolute Gasteiger partial charge is 0.326 e. The van der Waals surface area contributed by atoms with Crippen molar-refractivity contribution in [1.82, 2.24) is 40.4 Å². The molecule has 6 amide bonds. The van der Waals surface area contributed by atoms with Gasteiger partial charge < -0.3 is 51.1 Å². The number of thioether (sulfide) groups is 1. The average Bonchev–Trinajstić information content (AvgIpc) is 3.75. The summed E-state index contributed by atoms with van der Waals surface area (Å²) in [6, 6.07) is 3.73. The van der Waals surface area contributed by atoms with Gasteiger partial charge in [-0.15, -0.1) is 0 Å². The summed E-state index contributed by atoms with van der Waals surface area (Å²) in [5.74, 6) is -6.54. The maximum Gasteiger partial charge on any atom is 0.326 e. The van der Waals surface area contributed by atoms with Crippen LogP contribution in [-0.4, -0.2) is 202 Å². The number of anilines is 1. The number of imide groups is 1. The SMILES string of the molecule is CSCC[C@H](NC(=O)Nc1ccc(CNC(=O)CN2CCN(CC(=O)O)CCN(CC(=O)O)CCN3CC(=O)O[C-]3C2)cc1)C(=O)C[C@@H](C)C(=O)N[C@@H](CCCCN1C(=O)CC(C)C1=O)C(=O)O.[Gd]. The summed E-state index contributed by atoms with van der Waals surface area (Å²) < 4.78 is 5.47. The number of amides is 6. The van der Waals surface area contributed by atoms with Gasteiger partial charge in [-0.1, -0.05) is 38.8 Å². The molecule has 3 saturated heterocycles. The van der Waals surface area contributed by atoms with E-state index >= 15 is 0 Å². The predicted molar refractivity (Wildman–Crippen MR) is 245 cm³/mol. The molecule has 1 aromatic carbocycles. The van der Waals surface area contributed by atoms with E-state index in [9.17, 15) is 63.3 Å². The number of aliphatic carboxylic acids is 3. The number of likely N-dealkylation sites (tertiary alicyclic amines) is 1.